The van der Waals surface area contributed by atoms with Crippen LogP contribution < -0.4 is 0 Å². The SMILES string of the molecule is COP(=O)(/C=C(\C)OS(=O)(=O)C(F)(F)F)OC. The van der Waals surface area contributed by atoms with Gasteiger partial charge in [0.1, 0.15) is 5.76 Å². The predicted molar refractivity (Wildman–Crippen MR) is 51.4 cm³/mol. The summed E-state index contributed by atoms with van der Waals surface area (Å²) in [6, 6.07) is 0. The topological polar surface area (TPSA) is 78.9 Å². The molecule has 102 valence electrons. The second-order valence-electron chi connectivity index (χ2n) is 2.63. The molecule has 0 rings (SSSR count). The molecule has 0 aliphatic rings. The summed E-state index contributed by atoms with van der Waals surface area (Å²) in [6.07, 6.45) is 0. The molecule has 0 aromatic heterocycles. The first-order valence-electron chi connectivity index (χ1n) is 3.89. The summed E-state index contributed by atoms with van der Waals surface area (Å²) in [6.45, 7) is 0.869. The number of alkyl halides is 3. The van der Waals surface area contributed by atoms with Gasteiger partial charge in [0.05, 0.1) is 5.82 Å². The van der Waals surface area contributed by atoms with Gasteiger partial charge in [-0.3, -0.25) is 4.57 Å². The van der Waals surface area contributed by atoms with Crippen LogP contribution in [0.15, 0.2) is 11.6 Å². The molecule has 0 saturated heterocycles. The van der Waals surface area contributed by atoms with Gasteiger partial charge in [-0.15, -0.1) is 0 Å². The van der Waals surface area contributed by atoms with Crippen molar-refractivity contribution >= 4 is 17.7 Å². The third kappa shape index (κ3) is 4.66. The number of halogens is 3. The third-order valence-corrected chi connectivity index (χ3v) is 4.12. The summed E-state index contributed by atoms with van der Waals surface area (Å²) in [5.74, 6) is -0.245. The summed E-state index contributed by atoms with van der Waals surface area (Å²) in [4.78, 5) is 0. The van der Waals surface area contributed by atoms with E-state index < -0.39 is 29.0 Å². The van der Waals surface area contributed by atoms with Crippen LogP contribution in [0.2, 0.25) is 0 Å². The van der Waals surface area contributed by atoms with Crippen LogP contribution in [0.1, 0.15) is 6.92 Å². The Hall–Kier alpha value is -0.570. The fourth-order valence-electron chi connectivity index (χ4n) is 0.644. The lowest BCUT2D eigenvalue weighted by Crippen LogP contribution is -2.24. The van der Waals surface area contributed by atoms with Gasteiger partial charge < -0.3 is 13.2 Å². The van der Waals surface area contributed by atoms with Crippen molar-refractivity contribution in [3.8, 4) is 0 Å². The zero-order chi connectivity index (χ0) is 13.9. The highest BCUT2D eigenvalue weighted by molar-refractivity contribution is 7.87. The fourth-order valence-corrected chi connectivity index (χ4v) is 2.06. The molecule has 0 spiro atoms. The molecular weight excluding hydrogens is 288 g/mol. The van der Waals surface area contributed by atoms with Crippen molar-refractivity contribution in [1.82, 2.24) is 0 Å². The first-order valence-corrected chi connectivity index (χ1v) is 6.91. The largest absolute Gasteiger partial charge is 0.534 e. The Kier molecular flexibility index (Phi) is 5.20. The maximum absolute atomic E-state index is 11.9. The molecule has 0 aliphatic heterocycles. The normalized spacial score (nSPS) is 14.8. The maximum Gasteiger partial charge on any atom is 0.534 e. The van der Waals surface area contributed by atoms with E-state index in [2.05, 4.69) is 13.2 Å². The third-order valence-electron chi connectivity index (χ3n) is 1.37. The fraction of sp³-hybridized carbons (Fsp3) is 0.667. The van der Waals surface area contributed by atoms with Crippen LogP contribution in [0.3, 0.4) is 0 Å². The molecule has 0 unspecified atom stereocenters. The number of hydrogen-bond acceptors (Lipinski definition) is 6. The molecular formula is C6H10F3O6PS. The van der Waals surface area contributed by atoms with E-state index in [4.69, 9.17) is 0 Å². The van der Waals surface area contributed by atoms with Crippen molar-refractivity contribution in [3.63, 3.8) is 0 Å². The average Bonchev–Trinajstić information content (AvgIpc) is 2.14. The predicted octanol–water partition coefficient (Wildman–Crippen LogP) is 2.20. The lowest BCUT2D eigenvalue weighted by molar-refractivity contribution is -0.0521. The molecule has 0 heterocycles. The first-order chi connectivity index (χ1) is 7.47. The van der Waals surface area contributed by atoms with Crippen molar-refractivity contribution in [2.75, 3.05) is 14.2 Å². The van der Waals surface area contributed by atoms with E-state index >= 15 is 0 Å². The summed E-state index contributed by atoms with van der Waals surface area (Å²) in [7, 11) is -7.62. The minimum atomic E-state index is -5.79. The summed E-state index contributed by atoms with van der Waals surface area (Å²) >= 11 is 0. The molecule has 0 aliphatic carbocycles. The Bertz CT molecular complexity index is 431. The number of allylic oxidation sites excluding steroid dienone is 1. The molecule has 17 heavy (non-hydrogen) atoms. The first kappa shape index (κ1) is 16.4. The molecule has 0 aromatic rings. The van der Waals surface area contributed by atoms with E-state index in [-0.39, 0.29) is 0 Å². The van der Waals surface area contributed by atoms with Crippen LogP contribution >= 0.6 is 7.60 Å². The molecule has 0 N–H and O–H groups in total. The molecule has 0 amide bonds. The van der Waals surface area contributed by atoms with Gasteiger partial charge in [-0.2, -0.15) is 21.6 Å². The van der Waals surface area contributed by atoms with Gasteiger partial charge in [0.25, 0.3) is 0 Å². The van der Waals surface area contributed by atoms with Crippen LogP contribution in [-0.4, -0.2) is 28.1 Å². The molecule has 6 nitrogen and oxygen atoms in total. The highest BCUT2D eigenvalue weighted by atomic mass is 32.2. The Balaban J connectivity index is 5.08. The summed E-state index contributed by atoms with van der Waals surface area (Å²) < 4.78 is 80.7. The van der Waals surface area contributed by atoms with Crippen LogP contribution in [0.25, 0.3) is 0 Å². The molecule has 0 aromatic carbocycles. The summed E-state index contributed by atoms with van der Waals surface area (Å²) in [5.41, 5.74) is -5.56. The monoisotopic (exact) mass is 298 g/mol. The van der Waals surface area contributed by atoms with Crippen molar-refractivity contribution < 1.29 is 39.4 Å². The van der Waals surface area contributed by atoms with Gasteiger partial charge in [-0.05, 0) is 6.92 Å². The van der Waals surface area contributed by atoms with E-state index in [1.54, 1.807) is 0 Å². The zero-order valence-electron chi connectivity index (χ0n) is 9.02. The molecule has 11 heteroatoms. The van der Waals surface area contributed by atoms with Crippen molar-refractivity contribution in [2.45, 2.75) is 12.4 Å². The van der Waals surface area contributed by atoms with Crippen molar-refractivity contribution in [1.29, 1.82) is 0 Å². The van der Waals surface area contributed by atoms with Crippen LogP contribution in [0, 0.1) is 0 Å². The molecule has 0 bridgehead atoms. The molecule has 0 atom stereocenters. The molecule has 0 fully saturated rings. The second kappa shape index (κ2) is 5.38. The number of rotatable bonds is 5. The Labute approximate surface area is 96.0 Å². The lowest BCUT2D eigenvalue weighted by atomic mass is 10.7. The van der Waals surface area contributed by atoms with Gasteiger partial charge >= 0.3 is 23.2 Å². The van der Waals surface area contributed by atoms with Gasteiger partial charge in [0, 0.05) is 14.2 Å². The molecule has 0 saturated carbocycles. The maximum atomic E-state index is 11.9. The number of hydrogen-bond donors (Lipinski definition) is 0. The zero-order valence-corrected chi connectivity index (χ0v) is 10.7. The highest BCUT2D eigenvalue weighted by Crippen LogP contribution is 2.49. The van der Waals surface area contributed by atoms with Gasteiger partial charge in [0.15, 0.2) is 0 Å². The van der Waals surface area contributed by atoms with Crippen LogP contribution in [0.5, 0.6) is 0 Å². The van der Waals surface area contributed by atoms with Gasteiger partial charge in [-0.25, -0.2) is 0 Å². The molecule has 0 radical (unpaired) electrons. The van der Waals surface area contributed by atoms with E-state index in [1.807, 2.05) is 0 Å². The minimum absolute atomic E-state index is 0.524. The van der Waals surface area contributed by atoms with E-state index in [9.17, 15) is 26.2 Å². The van der Waals surface area contributed by atoms with Crippen molar-refractivity contribution in [3.05, 3.63) is 11.6 Å². The van der Waals surface area contributed by atoms with Crippen LogP contribution in [-0.2, 0) is 27.9 Å². The Morgan fingerprint density at radius 3 is 1.94 bits per heavy atom. The Morgan fingerprint density at radius 1 is 1.24 bits per heavy atom. The smallest absolute Gasteiger partial charge is 0.381 e. The Morgan fingerprint density at radius 2 is 1.65 bits per heavy atom. The lowest BCUT2D eigenvalue weighted by Gasteiger charge is -2.12. The second-order valence-corrected chi connectivity index (χ2v) is 6.23. The van der Waals surface area contributed by atoms with E-state index in [0.717, 1.165) is 21.1 Å². The van der Waals surface area contributed by atoms with Crippen molar-refractivity contribution in [2.24, 2.45) is 0 Å². The summed E-state index contributed by atoms with van der Waals surface area (Å²) in [5, 5.41) is 0. The van der Waals surface area contributed by atoms with E-state index in [1.165, 1.54) is 0 Å². The highest BCUT2D eigenvalue weighted by Gasteiger charge is 2.48. The standard InChI is InChI=1S/C6H10F3O6PS/c1-5(4-16(10,13-2)14-3)15-17(11,12)6(7,8)9/h4H,1-3H3/b5-4+. The minimum Gasteiger partial charge on any atom is -0.381 e. The van der Waals surface area contributed by atoms with Gasteiger partial charge in [-0.1, -0.05) is 0 Å². The van der Waals surface area contributed by atoms with Gasteiger partial charge in [0.2, 0.25) is 0 Å². The average molecular weight is 298 g/mol. The van der Waals surface area contributed by atoms with E-state index in [0.29, 0.717) is 5.82 Å². The quantitative estimate of drug-likeness (QED) is 0.335. The van der Waals surface area contributed by atoms with Crippen LogP contribution in [0.4, 0.5) is 13.2 Å².